The number of allylic oxidation sites excluding steroid dienone is 3. The first kappa shape index (κ1) is 30.8. The molecule has 0 N–H and O–H groups in total. The summed E-state index contributed by atoms with van der Waals surface area (Å²) < 4.78 is 0. The van der Waals surface area contributed by atoms with Crippen LogP contribution in [0.1, 0.15) is 64.5 Å². The van der Waals surface area contributed by atoms with Crippen LogP contribution in [0.4, 0.5) is 5.69 Å². The first-order chi connectivity index (χ1) is 26.6. The minimum absolute atomic E-state index is 0.0777. The SMILES string of the molecule is N#Cc1ccc(C2C3N4C(=NC23c2ccc(C#N)cc2)C2=C(C=CC(c3ccc5cc(-c6ccc7c(c6)=CCCC=7)ccc5c3)C2)c2ccccc24)cc1. The largest absolute Gasteiger partial charge is 0.319 e. The maximum atomic E-state index is 9.60. The molecule has 254 valence electrons. The second kappa shape index (κ2) is 11.6. The van der Waals surface area contributed by atoms with E-state index in [1.165, 1.54) is 65.9 Å². The number of aliphatic imine (C=N–C) groups is 1. The van der Waals surface area contributed by atoms with E-state index in [1.54, 1.807) is 0 Å². The van der Waals surface area contributed by atoms with E-state index in [9.17, 15) is 10.5 Å². The molecule has 4 nitrogen and oxygen atoms in total. The van der Waals surface area contributed by atoms with Gasteiger partial charge < -0.3 is 4.90 Å². The van der Waals surface area contributed by atoms with E-state index in [4.69, 9.17) is 4.99 Å². The van der Waals surface area contributed by atoms with Crippen LogP contribution in [0.5, 0.6) is 0 Å². The van der Waals surface area contributed by atoms with Gasteiger partial charge in [0.25, 0.3) is 0 Å². The summed E-state index contributed by atoms with van der Waals surface area (Å²) >= 11 is 0. The highest BCUT2D eigenvalue weighted by molar-refractivity contribution is 6.22. The molecule has 2 heterocycles. The fourth-order valence-electron chi connectivity index (χ4n) is 9.69. The van der Waals surface area contributed by atoms with E-state index in [-0.39, 0.29) is 17.9 Å². The van der Waals surface area contributed by atoms with Gasteiger partial charge in [0.15, 0.2) is 0 Å². The third-order valence-electron chi connectivity index (χ3n) is 12.4. The van der Waals surface area contributed by atoms with Crippen LogP contribution in [0.2, 0.25) is 0 Å². The molecule has 0 bridgehead atoms. The molecule has 6 aromatic carbocycles. The minimum atomic E-state index is -0.501. The molecule has 6 aromatic rings. The number of para-hydroxylation sites is 1. The molecule has 3 aliphatic carbocycles. The van der Waals surface area contributed by atoms with Crippen LogP contribution in [0, 0.1) is 22.7 Å². The lowest BCUT2D eigenvalue weighted by atomic mass is 9.79. The summed E-state index contributed by atoms with van der Waals surface area (Å²) in [5, 5.41) is 24.3. The van der Waals surface area contributed by atoms with E-state index in [1.807, 2.05) is 24.3 Å². The molecule has 1 fully saturated rings. The van der Waals surface area contributed by atoms with Crippen molar-refractivity contribution in [3.8, 4) is 23.3 Å². The maximum absolute atomic E-state index is 9.60. The van der Waals surface area contributed by atoms with E-state index >= 15 is 0 Å². The molecule has 0 amide bonds. The zero-order valence-corrected chi connectivity index (χ0v) is 29.6. The van der Waals surface area contributed by atoms with Gasteiger partial charge in [0.1, 0.15) is 11.4 Å². The summed E-state index contributed by atoms with van der Waals surface area (Å²) in [5.74, 6) is 1.38. The predicted octanol–water partition coefficient (Wildman–Crippen LogP) is 9.40. The van der Waals surface area contributed by atoms with E-state index < -0.39 is 5.54 Å². The standard InChI is InChI=1S/C50H34N4/c51-29-31-9-13-34(14-10-31)47-48-50(47,42-22-11-32(30-52)12-23-42)53-49-45-28-41(21-24-43(45)44-7-3-4-8-46(44)54(48)49)40-20-19-38-26-37(17-18-39(38)27-40)36-16-15-33-5-1-2-6-35(33)25-36/h3-27,41,47-48H,1-2,28H2. The lowest BCUT2D eigenvalue weighted by Crippen LogP contribution is -2.37. The van der Waals surface area contributed by atoms with Crippen molar-refractivity contribution in [2.75, 3.05) is 4.90 Å². The van der Waals surface area contributed by atoms with Crippen molar-refractivity contribution >= 4 is 40.0 Å². The first-order valence-electron chi connectivity index (χ1n) is 18.9. The van der Waals surface area contributed by atoms with Gasteiger partial charge in [-0.25, -0.2) is 0 Å². The maximum Gasteiger partial charge on any atom is 0.133 e. The van der Waals surface area contributed by atoms with Crippen LogP contribution < -0.4 is 15.3 Å². The van der Waals surface area contributed by atoms with Crippen molar-refractivity contribution in [2.24, 2.45) is 4.99 Å². The number of fused-ring (bicyclic) bond motifs is 9. The van der Waals surface area contributed by atoms with Crippen molar-refractivity contribution in [2.45, 2.75) is 42.7 Å². The molecule has 5 aliphatic rings. The minimum Gasteiger partial charge on any atom is -0.319 e. The summed E-state index contributed by atoms with van der Waals surface area (Å²) in [6.45, 7) is 0. The van der Waals surface area contributed by atoms with E-state index in [0.717, 1.165) is 30.7 Å². The van der Waals surface area contributed by atoms with Gasteiger partial charge in [-0.2, -0.15) is 10.5 Å². The van der Waals surface area contributed by atoms with Gasteiger partial charge in [-0.15, -0.1) is 0 Å². The first-order valence-corrected chi connectivity index (χ1v) is 18.9. The van der Waals surface area contributed by atoms with Gasteiger partial charge >= 0.3 is 0 Å². The molecule has 0 radical (unpaired) electrons. The van der Waals surface area contributed by atoms with Gasteiger partial charge in [-0.05, 0) is 116 Å². The Kier molecular flexibility index (Phi) is 6.64. The van der Waals surface area contributed by atoms with Crippen molar-refractivity contribution in [1.82, 2.24) is 0 Å². The molecular weight excluding hydrogens is 657 g/mol. The van der Waals surface area contributed by atoms with Gasteiger partial charge in [0.2, 0.25) is 0 Å². The number of nitriles is 2. The molecule has 4 unspecified atom stereocenters. The Morgan fingerprint density at radius 2 is 1.35 bits per heavy atom. The Hall–Kier alpha value is -6.75. The van der Waals surface area contributed by atoms with Crippen LogP contribution in [0.15, 0.2) is 150 Å². The predicted molar refractivity (Wildman–Crippen MR) is 217 cm³/mol. The molecule has 4 atom stereocenters. The second-order valence-corrected chi connectivity index (χ2v) is 15.2. The number of hydrogen-bond acceptors (Lipinski definition) is 4. The highest BCUT2D eigenvalue weighted by Gasteiger charge is 2.74. The molecule has 11 rings (SSSR count). The number of hydrogen-bond donors (Lipinski definition) is 0. The Morgan fingerprint density at radius 1 is 0.667 bits per heavy atom. The van der Waals surface area contributed by atoms with Gasteiger partial charge in [-0.1, -0.05) is 109 Å². The van der Waals surface area contributed by atoms with Crippen molar-refractivity contribution in [3.63, 3.8) is 0 Å². The summed E-state index contributed by atoms with van der Waals surface area (Å²) in [7, 11) is 0. The summed E-state index contributed by atoms with van der Waals surface area (Å²) in [5.41, 5.74) is 11.9. The average Bonchev–Trinajstić information content (AvgIpc) is 3.76. The van der Waals surface area contributed by atoms with Gasteiger partial charge in [0.05, 0.1) is 35.0 Å². The van der Waals surface area contributed by atoms with Crippen LogP contribution in [0.3, 0.4) is 0 Å². The molecular formula is C50H34N4. The van der Waals surface area contributed by atoms with Crippen molar-refractivity contribution in [3.05, 3.63) is 189 Å². The zero-order chi connectivity index (χ0) is 36.0. The number of benzene rings is 6. The van der Waals surface area contributed by atoms with Crippen LogP contribution in [0.25, 0.3) is 39.6 Å². The van der Waals surface area contributed by atoms with Gasteiger partial charge in [-0.3, -0.25) is 4.99 Å². The summed E-state index contributed by atoms with van der Waals surface area (Å²) in [4.78, 5) is 8.27. The molecule has 1 saturated carbocycles. The third kappa shape index (κ3) is 4.50. The molecule has 0 spiro atoms. The average molecular weight is 691 g/mol. The fraction of sp³-hybridized carbons (Fsp3) is 0.140. The Bertz CT molecular complexity index is 2900. The monoisotopic (exact) mass is 690 g/mol. The molecule has 54 heavy (non-hydrogen) atoms. The highest BCUT2D eigenvalue weighted by atomic mass is 15.4. The van der Waals surface area contributed by atoms with E-state index in [2.05, 4.69) is 144 Å². The quantitative estimate of drug-likeness (QED) is 0.185. The Labute approximate surface area is 314 Å². The highest BCUT2D eigenvalue weighted by Crippen LogP contribution is 2.69. The summed E-state index contributed by atoms with van der Waals surface area (Å²) in [6, 6.07) is 50.1. The van der Waals surface area contributed by atoms with Gasteiger partial charge in [0, 0.05) is 23.0 Å². The number of nitrogens with zero attached hydrogens (tertiary/aromatic N) is 4. The van der Waals surface area contributed by atoms with E-state index in [0.29, 0.717) is 11.1 Å². The Balaban J connectivity index is 0.979. The number of anilines is 1. The lowest BCUT2D eigenvalue weighted by Gasteiger charge is -2.36. The molecule has 0 aromatic heterocycles. The zero-order valence-electron chi connectivity index (χ0n) is 29.6. The molecule has 4 heteroatoms. The normalized spacial score (nSPS) is 22.7. The second-order valence-electron chi connectivity index (χ2n) is 15.2. The van der Waals surface area contributed by atoms with Crippen LogP contribution in [-0.4, -0.2) is 11.9 Å². The fourth-order valence-corrected chi connectivity index (χ4v) is 9.69. The topological polar surface area (TPSA) is 63.2 Å². The number of rotatable bonds is 4. The molecule has 2 aliphatic heterocycles. The van der Waals surface area contributed by atoms with Crippen LogP contribution in [-0.2, 0) is 5.54 Å². The number of amidine groups is 1. The molecule has 0 saturated heterocycles. The Morgan fingerprint density at radius 3 is 2.17 bits per heavy atom. The van der Waals surface area contributed by atoms with Crippen LogP contribution >= 0.6 is 0 Å². The van der Waals surface area contributed by atoms with Crippen molar-refractivity contribution in [1.29, 1.82) is 10.5 Å². The van der Waals surface area contributed by atoms with Crippen molar-refractivity contribution < 1.29 is 0 Å². The lowest BCUT2D eigenvalue weighted by molar-refractivity contribution is 0.711. The smallest absolute Gasteiger partial charge is 0.133 e. The summed E-state index contributed by atoms with van der Waals surface area (Å²) in [6.07, 6.45) is 12.5. The third-order valence-corrected chi connectivity index (χ3v) is 12.4.